The molecule has 5 nitrogen and oxygen atoms in total. The number of benzene rings is 1. The molecule has 0 aliphatic rings. The number of halogens is 1. The first-order chi connectivity index (χ1) is 6.82. The maximum absolute atomic E-state index is 10.8. The number of rotatable bonds is 3. The van der Waals surface area contributed by atoms with Gasteiger partial charge in [0.1, 0.15) is 0 Å². The Labute approximate surface area is 91.6 Å². The zero-order chi connectivity index (χ0) is 11.6. The summed E-state index contributed by atoms with van der Waals surface area (Å²) in [5, 5.41) is -1.50. The maximum Gasteiger partial charge on any atom is 0.281 e. The first-order valence-electron chi connectivity index (χ1n) is 3.79. The lowest BCUT2D eigenvalue weighted by Gasteiger charge is -2.09. The topological polar surface area (TPSA) is 95.2 Å². The molecular weight excluding hydrogens is 242 g/mol. The van der Waals surface area contributed by atoms with Gasteiger partial charge >= 0.3 is 0 Å². The summed E-state index contributed by atoms with van der Waals surface area (Å²) in [7, 11) is -4.61. The van der Waals surface area contributed by atoms with Crippen molar-refractivity contribution < 1.29 is 17.8 Å². The Bertz CT molecular complexity index is 468. The highest BCUT2D eigenvalue weighted by molar-refractivity contribution is 7.86. The summed E-state index contributed by atoms with van der Waals surface area (Å²) in [6, 6.07) is 5.29. The third kappa shape index (κ3) is 2.92. The molecule has 1 aromatic carbocycles. The zero-order valence-electron chi connectivity index (χ0n) is 7.34. The molecule has 1 aromatic rings. The molecule has 0 aromatic heterocycles. The van der Waals surface area contributed by atoms with Crippen LogP contribution in [-0.4, -0.2) is 18.9 Å². The number of nitrogens with one attached hydrogen (secondary N) is 1. The van der Waals surface area contributed by atoms with Gasteiger partial charge in [0.25, 0.3) is 16.0 Å². The third-order valence-electron chi connectivity index (χ3n) is 1.71. The highest BCUT2D eigenvalue weighted by Crippen LogP contribution is 2.23. The molecule has 0 heterocycles. The number of hydrogen-bond donors (Lipinski definition) is 1. The fourth-order valence-electron chi connectivity index (χ4n) is 1.10. The minimum Gasteiger partial charge on any atom is -0.285 e. The van der Waals surface area contributed by atoms with Crippen LogP contribution in [0.15, 0.2) is 24.3 Å². The quantitative estimate of drug-likeness (QED) is 0.810. The van der Waals surface area contributed by atoms with Gasteiger partial charge in [0.05, 0.1) is 0 Å². The molecule has 15 heavy (non-hydrogen) atoms. The second-order valence-electron chi connectivity index (χ2n) is 2.81. The predicted molar refractivity (Wildman–Crippen MR) is 53.8 cm³/mol. The van der Waals surface area contributed by atoms with Gasteiger partial charge in [-0.15, -0.1) is 0 Å². The molecule has 1 rings (SSSR count). The second-order valence-corrected chi connectivity index (χ2v) is 4.75. The van der Waals surface area contributed by atoms with Crippen molar-refractivity contribution in [3.8, 4) is 0 Å². The molecule has 0 aliphatic heterocycles. The standard InChI is InChI=1S/C8H7ClNO4S/c9-6-3-1-5(2-4-6)7(8(10)11)15(12,13)14/h1-4,7,10H,(H,12,13,14). The molecule has 1 atom stereocenters. The number of carbonyl (C=O) groups is 1. The molecule has 0 saturated heterocycles. The van der Waals surface area contributed by atoms with Gasteiger partial charge in [-0.3, -0.25) is 15.1 Å². The van der Waals surface area contributed by atoms with Crippen LogP contribution in [-0.2, 0) is 14.9 Å². The van der Waals surface area contributed by atoms with Crippen LogP contribution in [0.3, 0.4) is 0 Å². The number of amides is 1. The lowest BCUT2D eigenvalue weighted by atomic mass is 10.1. The van der Waals surface area contributed by atoms with E-state index in [9.17, 15) is 13.2 Å². The highest BCUT2D eigenvalue weighted by atomic mass is 35.5. The molecule has 1 amide bonds. The smallest absolute Gasteiger partial charge is 0.281 e. The normalized spacial score (nSPS) is 13.5. The Balaban J connectivity index is 3.23. The van der Waals surface area contributed by atoms with Gasteiger partial charge in [0.15, 0.2) is 5.25 Å². The van der Waals surface area contributed by atoms with E-state index in [2.05, 4.69) is 0 Å². The van der Waals surface area contributed by atoms with Gasteiger partial charge in [0, 0.05) is 5.02 Å². The van der Waals surface area contributed by atoms with E-state index >= 15 is 0 Å². The Morgan fingerprint density at radius 2 is 1.80 bits per heavy atom. The Hall–Kier alpha value is -1.11. The largest absolute Gasteiger partial charge is 0.285 e. The molecule has 0 saturated carbocycles. The summed E-state index contributed by atoms with van der Waals surface area (Å²) >= 11 is 5.57. The van der Waals surface area contributed by atoms with Crippen molar-refractivity contribution >= 4 is 27.6 Å². The maximum atomic E-state index is 10.8. The van der Waals surface area contributed by atoms with Crippen molar-refractivity contribution in [1.82, 2.24) is 5.73 Å². The molecule has 0 fully saturated rings. The minimum atomic E-state index is -4.61. The Morgan fingerprint density at radius 1 is 1.33 bits per heavy atom. The molecule has 1 unspecified atom stereocenters. The van der Waals surface area contributed by atoms with E-state index in [0.29, 0.717) is 5.02 Å². The van der Waals surface area contributed by atoms with Gasteiger partial charge in [0.2, 0.25) is 0 Å². The molecule has 0 spiro atoms. The van der Waals surface area contributed by atoms with E-state index in [1.807, 2.05) is 0 Å². The van der Waals surface area contributed by atoms with Crippen LogP contribution in [0.25, 0.3) is 0 Å². The lowest BCUT2D eigenvalue weighted by molar-refractivity contribution is -0.118. The van der Waals surface area contributed by atoms with E-state index in [0.717, 1.165) is 0 Å². The van der Waals surface area contributed by atoms with E-state index in [1.54, 1.807) is 0 Å². The SMILES string of the molecule is [NH]C(=O)C(c1ccc(Cl)cc1)S(=O)(=O)O. The van der Waals surface area contributed by atoms with Crippen molar-refractivity contribution in [1.29, 1.82) is 0 Å². The summed E-state index contributed by atoms with van der Waals surface area (Å²) in [4.78, 5) is 10.8. The van der Waals surface area contributed by atoms with Crippen molar-refractivity contribution in [3.05, 3.63) is 34.9 Å². The molecule has 2 N–H and O–H groups in total. The number of hydrogen-bond acceptors (Lipinski definition) is 3. The summed E-state index contributed by atoms with van der Waals surface area (Å²) in [5.74, 6) is -1.39. The van der Waals surface area contributed by atoms with Crippen molar-refractivity contribution in [3.63, 3.8) is 0 Å². The van der Waals surface area contributed by atoms with Crippen LogP contribution in [0.2, 0.25) is 5.02 Å². The van der Waals surface area contributed by atoms with Gasteiger partial charge in [-0.1, -0.05) is 23.7 Å². The van der Waals surface area contributed by atoms with Gasteiger partial charge in [-0.25, -0.2) is 0 Å². The van der Waals surface area contributed by atoms with Crippen LogP contribution in [0, 0.1) is 0 Å². The zero-order valence-corrected chi connectivity index (χ0v) is 8.92. The third-order valence-corrected chi connectivity index (χ3v) is 3.04. The molecular formula is C8H7ClNO4S. The van der Waals surface area contributed by atoms with Gasteiger partial charge in [-0.05, 0) is 17.7 Å². The van der Waals surface area contributed by atoms with E-state index < -0.39 is 21.3 Å². The van der Waals surface area contributed by atoms with Crippen molar-refractivity contribution in [2.24, 2.45) is 0 Å². The molecule has 81 valence electrons. The lowest BCUT2D eigenvalue weighted by Crippen LogP contribution is -2.22. The summed E-state index contributed by atoms with van der Waals surface area (Å²) < 4.78 is 30.4. The molecule has 1 radical (unpaired) electrons. The Morgan fingerprint density at radius 3 is 2.13 bits per heavy atom. The van der Waals surface area contributed by atoms with Crippen LogP contribution in [0.4, 0.5) is 0 Å². The van der Waals surface area contributed by atoms with E-state index in [-0.39, 0.29) is 5.56 Å². The van der Waals surface area contributed by atoms with Crippen molar-refractivity contribution in [2.75, 3.05) is 0 Å². The van der Waals surface area contributed by atoms with Gasteiger partial charge < -0.3 is 0 Å². The second kappa shape index (κ2) is 4.18. The van der Waals surface area contributed by atoms with Crippen LogP contribution >= 0.6 is 11.6 Å². The van der Waals surface area contributed by atoms with Crippen LogP contribution in [0.5, 0.6) is 0 Å². The summed E-state index contributed by atoms with van der Waals surface area (Å²) in [6.45, 7) is 0. The number of carbonyl (C=O) groups excluding carboxylic acids is 1. The monoisotopic (exact) mass is 248 g/mol. The average molecular weight is 249 g/mol. The fraction of sp³-hybridized carbons (Fsp3) is 0.125. The average Bonchev–Trinajstić information content (AvgIpc) is 2.05. The molecule has 0 aliphatic carbocycles. The first-order valence-corrected chi connectivity index (χ1v) is 5.67. The molecule has 7 heteroatoms. The Kier molecular flexibility index (Phi) is 3.33. The first kappa shape index (κ1) is 12.0. The van der Waals surface area contributed by atoms with Crippen molar-refractivity contribution in [2.45, 2.75) is 5.25 Å². The summed E-state index contributed by atoms with van der Waals surface area (Å²) in [6.07, 6.45) is 0. The fourth-order valence-corrected chi connectivity index (χ4v) is 1.99. The summed E-state index contributed by atoms with van der Waals surface area (Å²) in [5.41, 5.74) is 6.79. The van der Waals surface area contributed by atoms with Crippen LogP contribution in [0.1, 0.15) is 10.8 Å². The molecule has 0 bridgehead atoms. The predicted octanol–water partition coefficient (Wildman–Crippen LogP) is 1.08. The highest BCUT2D eigenvalue weighted by Gasteiger charge is 2.31. The van der Waals surface area contributed by atoms with Gasteiger partial charge in [-0.2, -0.15) is 8.42 Å². The minimum absolute atomic E-state index is 0.0156. The van der Waals surface area contributed by atoms with E-state index in [4.69, 9.17) is 21.9 Å². The van der Waals surface area contributed by atoms with Crippen LogP contribution < -0.4 is 5.73 Å². The van der Waals surface area contributed by atoms with E-state index in [1.165, 1.54) is 24.3 Å².